The third-order valence-electron chi connectivity index (χ3n) is 2.93. The fourth-order valence-electron chi connectivity index (χ4n) is 2.07. The fraction of sp³-hybridized carbons (Fsp3) is 0.400. The van der Waals surface area contributed by atoms with E-state index in [-0.39, 0.29) is 18.4 Å². The van der Waals surface area contributed by atoms with Crippen molar-refractivity contribution in [3.05, 3.63) is 29.0 Å². The lowest BCUT2D eigenvalue weighted by Gasteiger charge is -2.22. The Bertz CT molecular complexity index is 661. The predicted molar refractivity (Wildman–Crippen MR) is 82.9 cm³/mol. The van der Waals surface area contributed by atoms with E-state index in [1.807, 2.05) is 13.8 Å². The van der Waals surface area contributed by atoms with Crippen LogP contribution in [0.15, 0.2) is 22.8 Å². The van der Waals surface area contributed by atoms with Crippen LogP contribution in [0.2, 0.25) is 0 Å². The molecule has 2 heterocycles. The summed E-state index contributed by atoms with van der Waals surface area (Å²) in [5.74, 6) is -0.622. The van der Waals surface area contributed by atoms with E-state index in [0.717, 1.165) is 4.88 Å². The van der Waals surface area contributed by atoms with Gasteiger partial charge in [0.05, 0.1) is 6.26 Å². The average molecular weight is 322 g/mol. The van der Waals surface area contributed by atoms with Crippen LogP contribution in [0.3, 0.4) is 0 Å². The summed E-state index contributed by atoms with van der Waals surface area (Å²) in [5, 5.41) is 9.61. The zero-order valence-electron chi connectivity index (χ0n) is 12.7. The molecule has 22 heavy (non-hydrogen) atoms. The van der Waals surface area contributed by atoms with E-state index in [0.29, 0.717) is 23.0 Å². The van der Waals surface area contributed by atoms with E-state index in [4.69, 9.17) is 9.52 Å². The minimum Gasteiger partial charge on any atom is -0.480 e. The maximum atomic E-state index is 12.6. The second kappa shape index (κ2) is 6.74. The Morgan fingerprint density at radius 1 is 1.45 bits per heavy atom. The highest BCUT2D eigenvalue weighted by molar-refractivity contribution is 7.15. The van der Waals surface area contributed by atoms with Crippen LogP contribution in [-0.2, 0) is 4.79 Å². The summed E-state index contributed by atoms with van der Waals surface area (Å²) < 4.78 is 5.29. The van der Waals surface area contributed by atoms with Crippen LogP contribution in [0.4, 0.5) is 0 Å². The number of aliphatic carboxylic acids is 1. The highest BCUT2D eigenvalue weighted by atomic mass is 32.1. The number of carbonyl (C=O) groups excluding carboxylic acids is 1. The van der Waals surface area contributed by atoms with Gasteiger partial charge in [-0.2, -0.15) is 0 Å². The summed E-state index contributed by atoms with van der Waals surface area (Å²) in [6.07, 6.45) is 1.54. The Balaban J connectivity index is 2.28. The van der Waals surface area contributed by atoms with Crippen molar-refractivity contribution in [1.82, 2.24) is 9.88 Å². The van der Waals surface area contributed by atoms with Crippen LogP contribution in [0.25, 0.3) is 10.8 Å². The molecule has 0 aliphatic rings. The van der Waals surface area contributed by atoms with Gasteiger partial charge in [0.15, 0.2) is 10.8 Å². The van der Waals surface area contributed by atoms with Crippen molar-refractivity contribution in [3.8, 4) is 10.8 Å². The lowest BCUT2D eigenvalue weighted by molar-refractivity contribution is -0.137. The number of furan rings is 1. The summed E-state index contributed by atoms with van der Waals surface area (Å²) in [4.78, 5) is 30.0. The van der Waals surface area contributed by atoms with Crippen molar-refractivity contribution in [2.75, 3.05) is 13.1 Å². The molecule has 0 spiro atoms. The van der Waals surface area contributed by atoms with Crippen molar-refractivity contribution < 1.29 is 19.1 Å². The SMILES string of the molecule is Cc1sc(-c2ccco2)nc1C(=O)N(CC(=O)O)CC(C)C. The number of carboxylic acids is 1. The van der Waals surface area contributed by atoms with E-state index in [1.165, 1.54) is 16.2 Å². The smallest absolute Gasteiger partial charge is 0.323 e. The number of aryl methyl sites for hydroxylation is 1. The summed E-state index contributed by atoms with van der Waals surface area (Å²) in [6.45, 7) is 5.71. The number of carboxylic acid groups (broad SMARTS) is 1. The Morgan fingerprint density at radius 3 is 2.73 bits per heavy atom. The fourth-order valence-corrected chi connectivity index (χ4v) is 2.95. The molecule has 0 aliphatic heterocycles. The quantitative estimate of drug-likeness (QED) is 0.884. The molecular weight excluding hydrogens is 304 g/mol. The first-order valence-corrected chi connectivity index (χ1v) is 7.72. The summed E-state index contributed by atoms with van der Waals surface area (Å²) in [5.41, 5.74) is 0.290. The Kier molecular flexibility index (Phi) is 4.97. The van der Waals surface area contributed by atoms with E-state index < -0.39 is 5.97 Å². The molecule has 0 fully saturated rings. The van der Waals surface area contributed by atoms with Gasteiger partial charge in [-0.25, -0.2) is 4.98 Å². The molecule has 0 saturated carbocycles. The number of thiazole rings is 1. The number of hydrogen-bond acceptors (Lipinski definition) is 5. The first-order chi connectivity index (χ1) is 10.4. The summed E-state index contributed by atoms with van der Waals surface area (Å²) >= 11 is 1.36. The average Bonchev–Trinajstić information content (AvgIpc) is 3.04. The molecule has 0 atom stereocenters. The molecular formula is C15H18N2O4S. The highest BCUT2D eigenvalue weighted by Gasteiger charge is 2.24. The topological polar surface area (TPSA) is 83.6 Å². The number of rotatable bonds is 6. The first kappa shape index (κ1) is 16.2. The first-order valence-electron chi connectivity index (χ1n) is 6.91. The molecule has 0 saturated heterocycles. The Labute approximate surface area is 132 Å². The van der Waals surface area contributed by atoms with E-state index >= 15 is 0 Å². The second-order valence-corrected chi connectivity index (χ2v) is 6.58. The normalized spacial score (nSPS) is 10.9. The Hall–Kier alpha value is -2.15. The van der Waals surface area contributed by atoms with Gasteiger partial charge in [-0.05, 0) is 25.0 Å². The molecule has 0 aromatic carbocycles. The minimum atomic E-state index is -1.03. The molecule has 0 radical (unpaired) electrons. The van der Waals surface area contributed by atoms with Crippen molar-refractivity contribution in [1.29, 1.82) is 0 Å². The van der Waals surface area contributed by atoms with Crippen LogP contribution in [-0.4, -0.2) is 40.0 Å². The molecule has 0 bridgehead atoms. The highest BCUT2D eigenvalue weighted by Crippen LogP contribution is 2.28. The van der Waals surface area contributed by atoms with Gasteiger partial charge in [0.2, 0.25) is 0 Å². The van der Waals surface area contributed by atoms with Crippen molar-refractivity contribution in [3.63, 3.8) is 0 Å². The minimum absolute atomic E-state index is 0.173. The zero-order valence-corrected chi connectivity index (χ0v) is 13.5. The van der Waals surface area contributed by atoms with Crippen molar-refractivity contribution in [2.24, 2.45) is 5.92 Å². The van der Waals surface area contributed by atoms with Gasteiger partial charge in [-0.15, -0.1) is 11.3 Å². The molecule has 0 aliphatic carbocycles. The third-order valence-corrected chi connectivity index (χ3v) is 3.92. The lowest BCUT2D eigenvalue weighted by Crippen LogP contribution is -2.38. The number of amides is 1. The zero-order chi connectivity index (χ0) is 16.3. The molecule has 1 amide bonds. The summed E-state index contributed by atoms with van der Waals surface area (Å²) in [6, 6.07) is 3.53. The number of hydrogen-bond donors (Lipinski definition) is 1. The van der Waals surface area contributed by atoms with E-state index in [2.05, 4.69) is 4.98 Å². The van der Waals surface area contributed by atoms with Gasteiger partial charge in [0, 0.05) is 11.4 Å². The number of nitrogens with zero attached hydrogens (tertiary/aromatic N) is 2. The maximum absolute atomic E-state index is 12.6. The van der Waals surface area contributed by atoms with Crippen LogP contribution in [0, 0.1) is 12.8 Å². The predicted octanol–water partition coefficient (Wildman–Crippen LogP) is 2.89. The van der Waals surface area contributed by atoms with Gasteiger partial charge >= 0.3 is 5.97 Å². The molecule has 2 aromatic heterocycles. The monoisotopic (exact) mass is 322 g/mol. The van der Waals surface area contributed by atoms with E-state index in [9.17, 15) is 9.59 Å². The molecule has 7 heteroatoms. The van der Waals surface area contributed by atoms with Gasteiger partial charge in [0.1, 0.15) is 12.2 Å². The largest absolute Gasteiger partial charge is 0.480 e. The van der Waals surface area contributed by atoms with Crippen molar-refractivity contribution >= 4 is 23.2 Å². The van der Waals surface area contributed by atoms with Crippen LogP contribution in [0.5, 0.6) is 0 Å². The molecule has 2 rings (SSSR count). The second-order valence-electron chi connectivity index (χ2n) is 5.37. The number of carbonyl (C=O) groups is 2. The van der Waals surface area contributed by atoms with Crippen molar-refractivity contribution in [2.45, 2.75) is 20.8 Å². The lowest BCUT2D eigenvalue weighted by atomic mass is 10.2. The third kappa shape index (κ3) is 3.73. The van der Waals surface area contributed by atoms with Gasteiger partial charge in [0.25, 0.3) is 5.91 Å². The molecule has 0 unspecified atom stereocenters. The Morgan fingerprint density at radius 2 is 2.18 bits per heavy atom. The number of aromatic nitrogens is 1. The standard InChI is InChI=1S/C15H18N2O4S/c1-9(2)7-17(8-12(18)19)15(20)13-10(3)22-14(16-13)11-5-4-6-21-11/h4-6,9H,7-8H2,1-3H3,(H,18,19). The molecule has 1 N–H and O–H groups in total. The van der Waals surface area contributed by atoms with Gasteiger partial charge in [-0.3, -0.25) is 9.59 Å². The van der Waals surface area contributed by atoms with E-state index in [1.54, 1.807) is 25.3 Å². The van der Waals surface area contributed by atoms with Crippen LogP contribution < -0.4 is 0 Å². The maximum Gasteiger partial charge on any atom is 0.323 e. The molecule has 2 aromatic rings. The van der Waals surface area contributed by atoms with Crippen LogP contribution >= 0.6 is 11.3 Å². The summed E-state index contributed by atoms with van der Waals surface area (Å²) in [7, 11) is 0. The molecule has 6 nitrogen and oxygen atoms in total. The van der Waals surface area contributed by atoms with Crippen LogP contribution in [0.1, 0.15) is 29.2 Å². The molecule has 118 valence electrons. The van der Waals surface area contributed by atoms with Gasteiger partial charge < -0.3 is 14.4 Å². The van der Waals surface area contributed by atoms with Gasteiger partial charge in [-0.1, -0.05) is 13.8 Å².